The average molecular weight is 337 g/mol. The Morgan fingerprint density at radius 2 is 1.96 bits per heavy atom. The molecule has 1 amide bonds. The van der Waals surface area contributed by atoms with Gasteiger partial charge in [0.2, 0.25) is 0 Å². The molecule has 0 aliphatic rings. The first-order chi connectivity index (χ1) is 12.3. The minimum absolute atomic E-state index is 0.0357. The Morgan fingerprint density at radius 3 is 2.68 bits per heavy atom. The maximum atomic E-state index is 12.5. The summed E-state index contributed by atoms with van der Waals surface area (Å²) in [6, 6.07) is 15.0. The van der Waals surface area contributed by atoms with Crippen LogP contribution in [0.2, 0.25) is 0 Å². The molecule has 0 aliphatic heterocycles. The summed E-state index contributed by atoms with van der Waals surface area (Å²) in [7, 11) is 0. The second-order valence-corrected chi connectivity index (χ2v) is 5.72. The fourth-order valence-corrected chi connectivity index (χ4v) is 2.55. The average Bonchev–Trinajstić information content (AvgIpc) is 3.16. The van der Waals surface area contributed by atoms with Crippen LogP contribution in [0.5, 0.6) is 0 Å². The molecule has 0 saturated carbocycles. The quantitative estimate of drug-likeness (QED) is 0.691. The van der Waals surface area contributed by atoms with Crippen LogP contribution >= 0.6 is 0 Å². The van der Waals surface area contributed by atoms with Crippen LogP contribution in [-0.2, 0) is 6.42 Å². The minimum Gasteiger partial charge on any atom is -0.396 e. The zero-order valence-corrected chi connectivity index (χ0v) is 13.6. The van der Waals surface area contributed by atoms with Crippen molar-refractivity contribution < 1.29 is 14.4 Å². The number of aromatic nitrogens is 2. The SMILES string of the molecule is O=C(NCC(CO)Cc1ccccn1)c1cnoc1-c1ccccc1. The third kappa shape index (κ3) is 4.30. The Kier molecular flexibility index (Phi) is 5.53. The molecule has 6 heteroatoms. The van der Waals surface area contributed by atoms with Gasteiger partial charge in [-0.05, 0) is 18.6 Å². The number of rotatable bonds is 7. The molecule has 0 spiro atoms. The summed E-state index contributed by atoms with van der Waals surface area (Å²) in [6.45, 7) is 0.303. The van der Waals surface area contributed by atoms with E-state index in [4.69, 9.17) is 4.52 Å². The van der Waals surface area contributed by atoms with Crippen molar-refractivity contribution in [3.8, 4) is 11.3 Å². The van der Waals surface area contributed by atoms with Crippen LogP contribution in [0.3, 0.4) is 0 Å². The van der Waals surface area contributed by atoms with Gasteiger partial charge in [-0.2, -0.15) is 0 Å². The van der Waals surface area contributed by atoms with Crippen molar-refractivity contribution in [2.45, 2.75) is 6.42 Å². The van der Waals surface area contributed by atoms with Crippen LogP contribution in [-0.4, -0.2) is 34.3 Å². The Labute approximate surface area is 145 Å². The topological polar surface area (TPSA) is 88.2 Å². The molecule has 0 aliphatic carbocycles. The summed E-state index contributed by atoms with van der Waals surface area (Å²) in [5.74, 6) is 0.0434. The molecule has 2 heterocycles. The molecule has 3 aromatic rings. The van der Waals surface area contributed by atoms with E-state index in [0.29, 0.717) is 24.3 Å². The van der Waals surface area contributed by atoms with Crippen molar-refractivity contribution in [2.24, 2.45) is 5.92 Å². The number of amides is 1. The van der Waals surface area contributed by atoms with Gasteiger partial charge in [0.15, 0.2) is 5.76 Å². The van der Waals surface area contributed by atoms with Crippen molar-refractivity contribution in [3.63, 3.8) is 0 Å². The highest BCUT2D eigenvalue weighted by atomic mass is 16.5. The minimum atomic E-state index is -0.278. The van der Waals surface area contributed by atoms with Gasteiger partial charge in [0, 0.05) is 36.5 Å². The van der Waals surface area contributed by atoms with Crippen molar-refractivity contribution in [1.82, 2.24) is 15.5 Å². The van der Waals surface area contributed by atoms with Crippen LogP contribution in [0.1, 0.15) is 16.1 Å². The fraction of sp³-hybridized carbons (Fsp3) is 0.211. The predicted molar refractivity (Wildman–Crippen MR) is 92.8 cm³/mol. The number of nitrogens with zero attached hydrogens (tertiary/aromatic N) is 2. The Balaban J connectivity index is 1.64. The second-order valence-electron chi connectivity index (χ2n) is 5.72. The maximum Gasteiger partial charge on any atom is 0.256 e. The van der Waals surface area contributed by atoms with Gasteiger partial charge in [-0.25, -0.2) is 0 Å². The molecule has 0 fully saturated rings. The third-order valence-corrected chi connectivity index (χ3v) is 3.88. The van der Waals surface area contributed by atoms with E-state index in [9.17, 15) is 9.90 Å². The lowest BCUT2D eigenvalue weighted by Gasteiger charge is -2.14. The number of hydrogen-bond donors (Lipinski definition) is 2. The van der Waals surface area contributed by atoms with Gasteiger partial charge >= 0.3 is 0 Å². The molecule has 0 saturated heterocycles. The molecular formula is C19H19N3O3. The number of nitrogens with one attached hydrogen (secondary N) is 1. The predicted octanol–water partition coefficient (Wildman–Crippen LogP) is 2.32. The molecule has 2 aromatic heterocycles. The number of benzene rings is 1. The molecule has 6 nitrogen and oxygen atoms in total. The Hall–Kier alpha value is -2.99. The summed E-state index contributed by atoms with van der Waals surface area (Å²) >= 11 is 0. The molecule has 3 rings (SSSR count). The molecule has 1 atom stereocenters. The van der Waals surface area contributed by atoms with Gasteiger partial charge in [-0.3, -0.25) is 9.78 Å². The third-order valence-electron chi connectivity index (χ3n) is 3.88. The molecular weight excluding hydrogens is 318 g/mol. The van der Waals surface area contributed by atoms with Crippen molar-refractivity contribution >= 4 is 5.91 Å². The van der Waals surface area contributed by atoms with Gasteiger partial charge in [0.25, 0.3) is 5.91 Å². The number of carbonyl (C=O) groups excluding carboxylic acids is 1. The van der Waals surface area contributed by atoms with Crippen LogP contribution in [0.4, 0.5) is 0 Å². The highest BCUT2D eigenvalue weighted by Gasteiger charge is 2.19. The molecule has 25 heavy (non-hydrogen) atoms. The second kappa shape index (κ2) is 8.21. The smallest absolute Gasteiger partial charge is 0.256 e. The number of aliphatic hydroxyl groups excluding tert-OH is 1. The standard InChI is InChI=1S/C19H19N3O3/c23-13-14(10-16-8-4-5-9-20-16)11-21-19(24)17-12-22-25-18(17)15-6-2-1-3-7-15/h1-9,12,14,23H,10-11,13H2,(H,21,24). The van der Waals surface area contributed by atoms with E-state index in [0.717, 1.165) is 11.3 Å². The van der Waals surface area contributed by atoms with Gasteiger partial charge in [0.05, 0.1) is 6.20 Å². The molecule has 2 N–H and O–H groups in total. The summed E-state index contributed by atoms with van der Waals surface area (Å²) < 4.78 is 5.23. The summed E-state index contributed by atoms with van der Waals surface area (Å²) in [4.78, 5) is 16.7. The lowest BCUT2D eigenvalue weighted by atomic mass is 10.0. The number of hydrogen-bond acceptors (Lipinski definition) is 5. The van der Waals surface area contributed by atoms with Crippen molar-refractivity contribution in [2.75, 3.05) is 13.2 Å². The highest BCUT2D eigenvalue weighted by molar-refractivity contribution is 5.99. The zero-order chi connectivity index (χ0) is 17.5. The normalized spacial score (nSPS) is 11.9. The van der Waals surface area contributed by atoms with Crippen molar-refractivity contribution in [1.29, 1.82) is 0 Å². The van der Waals surface area contributed by atoms with Gasteiger partial charge in [-0.15, -0.1) is 0 Å². The Bertz CT molecular complexity index is 803. The highest BCUT2D eigenvalue weighted by Crippen LogP contribution is 2.23. The fourth-order valence-electron chi connectivity index (χ4n) is 2.55. The molecule has 1 aromatic carbocycles. The summed E-state index contributed by atoms with van der Waals surface area (Å²) in [5.41, 5.74) is 2.05. The molecule has 0 radical (unpaired) electrons. The first kappa shape index (κ1) is 16.9. The van der Waals surface area contributed by atoms with E-state index < -0.39 is 0 Å². The zero-order valence-electron chi connectivity index (χ0n) is 13.6. The summed E-state index contributed by atoms with van der Waals surface area (Å²) in [6.07, 6.45) is 3.71. The van der Waals surface area contributed by atoms with E-state index in [1.54, 1.807) is 6.20 Å². The maximum absolute atomic E-state index is 12.5. The Morgan fingerprint density at radius 1 is 1.16 bits per heavy atom. The first-order valence-electron chi connectivity index (χ1n) is 8.07. The number of aliphatic hydroxyl groups is 1. The monoisotopic (exact) mass is 337 g/mol. The van der Waals surface area contributed by atoms with Crippen LogP contribution in [0, 0.1) is 5.92 Å². The number of carbonyl (C=O) groups is 1. The van der Waals surface area contributed by atoms with E-state index in [1.807, 2.05) is 48.5 Å². The van der Waals surface area contributed by atoms with Gasteiger partial charge in [-0.1, -0.05) is 41.6 Å². The van der Waals surface area contributed by atoms with E-state index >= 15 is 0 Å². The first-order valence-corrected chi connectivity index (χ1v) is 8.07. The molecule has 1 unspecified atom stereocenters. The van der Waals surface area contributed by atoms with Crippen molar-refractivity contribution in [3.05, 3.63) is 72.2 Å². The van der Waals surface area contributed by atoms with Crippen LogP contribution in [0.15, 0.2) is 65.4 Å². The number of pyridine rings is 1. The van der Waals surface area contributed by atoms with Crippen LogP contribution < -0.4 is 5.32 Å². The lowest BCUT2D eigenvalue weighted by Crippen LogP contribution is -2.32. The van der Waals surface area contributed by atoms with E-state index in [2.05, 4.69) is 15.5 Å². The lowest BCUT2D eigenvalue weighted by molar-refractivity contribution is 0.0940. The largest absolute Gasteiger partial charge is 0.396 e. The van der Waals surface area contributed by atoms with E-state index in [1.165, 1.54) is 6.20 Å². The van der Waals surface area contributed by atoms with E-state index in [-0.39, 0.29) is 18.4 Å². The summed E-state index contributed by atoms with van der Waals surface area (Å²) in [5, 5.41) is 16.1. The van der Waals surface area contributed by atoms with Gasteiger partial charge in [0.1, 0.15) is 5.56 Å². The van der Waals surface area contributed by atoms with Crippen LogP contribution in [0.25, 0.3) is 11.3 Å². The van der Waals surface area contributed by atoms with Gasteiger partial charge < -0.3 is 14.9 Å². The molecule has 0 bridgehead atoms. The molecule has 128 valence electrons.